The molecule has 1 amide bonds. The predicted octanol–water partition coefficient (Wildman–Crippen LogP) is 3.29. The summed E-state index contributed by atoms with van der Waals surface area (Å²) in [6.07, 6.45) is 0.380. The van der Waals surface area contributed by atoms with E-state index < -0.39 is 0 Å². The second kappa shape index (κ2) is 8.53. The van der Waals surface area contributed by atoms with Crippen molar-refractivity contribution in [3.05, 3.63) is 59.1 Å². The van der Waals surface area contributed by atoms with Crippen molar-refractivity contribution >= 4 is 23.5 Å². The summed E-state index contributed by atoms with van der Waals surface area (Å²) < 4.78 is 10.6. The van der Waals surface area contributed by atoms with Crippen LogP contribution in [0.2, 0.25) is 5.02 Å². The molecule has 29 heavy (non-hydrogen) atoms. The van der Waals surface area contributed by atoms with Crippen molar-refractivity contribution in [1.82, 2.24) is 15.0 Å². The predicted molar refractivity (Wildman–Crippen MR) is 110 cm³/mol. The van der Waals surface area contributed by atoms with Gasteiger partial charge in [-0.05, 0) is 42.0 Å². The summed E-state index contributed by atoms with van der Waals surface area (Å²) in [6, 6.07) is 15.3. The van der Waals surface area contributed by atoms with Gasteiger partial charge in [0.15, 0.2) is 0 Å². The minimum absolute atomic E-state index is 0.113. The summed E-state index contributed by atoms with van der Waals surface area (Å²) in [4.78, 5) is 20.9. The zero-order chi connectivity index (χ0) is 20.2. The fourth-order valence-electron chi connectivity index (χ4n) is 3.24. The van der Waals surface area contributed by atoms with Crippen LogP contribution in [0.1, 0.15) is 5.56 Å². The average molecular weight is 413 g/mol. The molecular formula is C21H21ClN4O3. The van der Waals surface area contributed by atoms with Crippen molar-refractivity contribution in [2.24, 2.45) is 0 Å². The molecule has 150 valence electrons. The highest BCUT2D eigenvalue weighted by atomic mass is 35.5. The number of amides is 1. The maximum absolute atomic E-state index is 12.6. The number of hydrogen-bond acceptors (Lipinski definition) is 6. The summed E-state index contributed by atoms with van der Waals surface area (Å²) in [5.41, 5.74) is 1.82. The molecule has 8 heteroatoms. The van der Waals surface area contributed by atoms with Crippen LogP contribution in [-0.2, 0) is 11.2 Å². The summed E-state index contributed by atoms with van der Waals surface area (Å²) in [5.74, 6) is 1.42. The van der Waals surface area contributed by atoms with Gasteiger partial charge in [0.1, 0.15) is 5.75 Å². The fourth-order valence-corrected chi connectivity index (χ4v) is 3.36. The minimum atomic E-state index is 0.113. The van der Waals surface area contributed by atoms with Gasteiger partial charge in [-0.3, -0.25) is 4.79 Å². The van der Waals surface area contributed by atoms with Crippen LogP contribution in [0.5, 0.6) is 5.75 Å². The van der Waals surface area contributed by atoms with Gasteiger partial charge in [0.05, 0.1) is 13.5 Å². The third-order valence-corrected chi connectivity index (χ3v) is 5.19. The number of carbonyl (C=O) groups excluding carboxylic acids is 1. The largest absolute Gasteiger partial charge is 0.497 e. The second-order valence-electron chi connectivity index (χ2n) is 6.80. The van der Waals surface area contributed by atoms with Gasteiger partial charge in [0, 0.05) is 36.8 Å². The van der Waals surface area contributed by atoms with Crippen LogP contribution in [0.3, 0.4) is 0 Å². The van der Waals surface area contributed by atoms with Gasteiger partial charge in [0.25, 0.3) is 0 Å². The number of carbonyl (C=O) groups is 1. The van der Waals surface area contributed by atoms with E-state index in [1.54, 1.807) is 19.2 Å². The Hall–Kier alpha value is -3.06. The smallest absolute Gasteiger partial charge is 0.324 e. The highest BCUT2D eigenvalue weighted by Gasteiger charge is 2.24. The molecule has 1 aliphatic rings. The van der Waals surface area contributed by atoms with Gasteiger partial charge in [-0.1, -0.05) is 28.9 Å². The van der Waals surface area contributed by atoms with Crippen LogP contribution in [-0.4, -0.2) is 54.2 Å². The quantitative estimate of drug-likeness (QED) is 0.640. The van der Waals surface area contributed by atoms with E-state index >= 15 is 0 Å². The Morgan fingerprint density at radius 2 is 1.76 bits per heavy atom. The van der Waals surface area contributed by atoms with Gasteiger partial charge in [0.2, 0.25) is 11.7 Å². The molecule has 2 heterocycles. The van der Waals surface area contributed by atoms with E-state index in [-0.39, 0.29) is 5.91 Å². The van der Waals surface area contributed by atoms with E-state index in [1.807, 2.05) is 46.2 Å². The second-order valence-corrected chi connectivity index (χ2v) is 7.24. The molecule has 0 aliphatic carbocycles. The zero-order valence-electron chi connectivity index (χ0n) is 16.0. The van der Waals surface area contributed by atoms with Gasteiger partial charge >= 0.3 is 6.01 Å². The molecule has 1 aromatic heterocycles. The lowest BCUT2D eigenvalue weighted by Gasteiger charge is -2.33. The number of aromatic nitrogens is 2. The third-order valence-electron chi connectivity index (χ3n) is 4.94. The Bertz CT molecular complexity index is 964. The van der Waals surface area contributed by atoms with Crippen LogP contribution in [0.25, 0.3) is 11.4 Å². The van der Waals surface area contributed by atoms with Gasteiger partial charge in [-0.25, -0.2) is 0 Å². The molecule has 3 aromatic rings. The lowest BCUT2D eigenvalue weighted by Crippen LogP contribution is -2.49. The number of piperazine rings is 1. The Morgan fingerprint density at radius 1 is 1.07 bits per heavy atom. The summed E-state index contributed by atoms with van der Waals surface area (Å²) in [6.45, 7) is 2.54. The summed E-state index contributed by atoms with van der Waals surface area (Å²) in [7, 11) is 1.63. The molecule has 0 radical (unpaired) electrons. The first-order chi connectivity index (χ1) is 14.1. The highest BCUT2D eigenvalue weighted by Crippen LogP contribution is 2.22. The fraction of sp³-hybridized carbons (Fsp3) is 0.286. The minimum Gasteiger partial charge on any atom is -0.497 e. The van der Waals surface area contributed by atoms with E-state index in [0.717, 1.165) is 16.9 Å². The molecule has 2 aromatic carbocycles. The summed E-state index contributed by atoms with van der Waals surface area (Å²) >= 11 is 5.92. The topological polar surface area (TPSA) is 71.7 Å². The van der Waals surface area contributed by atoms with Gasteiger partial charge in [-0.15, -0.1) is 0 Å². The number of hydrogen-bond donors (Lipinski definition) is 0. The first-order valence-electron chi connectivity index (χ1n) is 9.37. The van der Waals surface area contributed by atoms with Crippen molar-refractivity contribution in [2.45, 2.75) is 6.42 Å². The molecule has 0 atom stereocenters. The van der Waals surface area contributed by atoms with E-state index in [4.69, 9.17) is 20.9 Å². The molecule has 0 spiro atoms. The van der Waals surface area contributed by atoms with E-state index in [2.05, 4.69) is 10.1 Å². The molecule has 0 N–H and O–H groups in total. The van der Waals surface area contributed by atoms with Crippen LogP contribution in [0, 0.1) is 0 Å². The molecule has 7 nitrogen and oxygen atoms in total. The van der Waals surface area contributed by atoms with E-state index in [9.17, 15) is 4.79 Å². The number of methoxy groups -OCH3 is 1. The monoisotopic (exact) mass is 412 g/mol. The van der Waals surface area contributed by atoms with Crippen molar-refractivity contribution in [3.63, 3.8) is 0 Å². The molecule has 0 bridgehead atoms. The van der Waals surface area contributed by atoms with Crippen LogP contribution < -0.4 is 9.64 Å². The molecule has 1 fully saturated rings. The normalized spacial score (nSPS) is 14.1. The maximum atomic E-state index is 12.6. The number of benzene rings is 2. The van der Waals surface area contributed by atoms with Crippen molar-refractivity contribution in [1.29, 1.82) is 0 Å². The molecular weight excluding hydrogens is 392 g/mol. The van der Waals surface area contributed by atoms with Gasteiger partial charge in [-0.2, -0.15) is 4.98 Å². The number of anilines is 1. The number of halogens is 1. The van der Waals surface area contributed by atoms with Crippen molar-refractivity contribution < 1.29 is 14.1 Å². The van der Waals surface area contributed by atoms with Gasteiger partial charge < -0.3 is 19.1 Å². The number of ether oxygens (including phenoxy) is 1. The highest BCUT2D eigenvalue weighted by molar-refractivity contribution is 6.30. The lowest BCUT2D eigenvalue weighted by atomic mass is 10.1. The van der Waals surface area contributed by atoms with E-state index in [0.29, 0.717) is 49.5 Å². The lowest BCUT2D eigenvalue weighted by molar-refractivity contribution is -0.130. The molecule has 1 aliphatic heterocycles. The Labute approximate surface area is 173 Å². The summed E-state index contributed by atoms with van der Waals surface area (Å²) in [5, 5.41) is 4.71. The van der Waals surface area contributed by atoms with Crippen molar-refractivity contribution in [2.75, 3.05) is 38.2 Å². The number of rotatable bonds is 5. The molecule has 1 saturated heterocycles. The van der Waals surface area contributed by atoms with Crippen LogP contribution in [0.4, 0.5) is 6.01 Å². The van der Waals surface area contributed by atoms with E-state index in [1.165, 1.54) is 0 Å². The molecule has 4 rings (SSSR count). The standard InChI is InChI=1S/C21H21ClN4O3/c1-28-18-8-2-15(3-9-18)14-19(27)25-10-12-26(13-11-25)21-23-20(24-29-21)16-4-6-17(22)7-5-16/h2-9H,10-14H2,1H3. The van der Waals surface area contributed by atoms with Crippen molar-refractivity contribution in [3.8, 4) is 17.1 Å². The van der Waals surface area contributed by atoms with Crippen LogP contribution >= 0.6 is 11.6 Å². The first kappa shape index (κ1) is 19.3. The molecule has 0 saturated carbocycles. The number of nitrogens with zero attached hydrogens (tertiary/aromatic N) is 4. The zero-order valence-corrected chi connectivity index (χ0v) is 16.8. The maximum Gasteiger partial charge on any atom is 0.324 e. The Kier molecular flexibility index (Phi) is 5.67. The Balaban J connectivity index is 1.33. The molecule has 0 unspecified atom stereocenters. The third kappa shape index (κ3) is 4.51. The first-order valence-corrected chi connectivity index (χ1v) is 9.75. The Morgan fingerprint density at radius 3 is 2.41 bits per heavy atom. The van der Waals surface area contributed by atoms with Crippen LogP contribution in [0.15, 0.2) is 53.1 Å². The average Bonchev–Trinajstić information content (AvgIpc) is 3.25. The SMILES string of the molecule is COc1ccc(CC(=O)N2CCN(c3nc(-c4ccc(Cl)cc4)no3)CC2)cc1.